The summed E-state index contributed by atoms with van der Waals surface area (Å²) in [5.74, 6) is -0.170. The molecule has 0 aliphatic heterocycles. The van der Waals surface area contributed by atoms with Gasteiger partial charge in [0.05, 0.1) is 24.5 Å². The van der Waals surface area contributed by atoms with E-state index in [1.54, 1.807) is 6.92 Å². The Morgan fingerprint density at radius 3 is 1.67 bits per heavy atom. The first kappa shape index (κ1) is 37.9. The van der Waals surface area contributed by atoms with Gasteiger partial charge in [0.2, 0.25) is 0 Å². The van der Waals surface area contributed by atoms with E-state index in [1.807, 2.05) is 34.6 Å². The van der Waals surface area contributed by atoms with Crippen molar-refractivity contribution in [3.8, 4) is 0 Å². The van der Waals surface area contributed by atoms with Crippen LogP contribution in [0.2, 0.25) is 0 Å². The highest BCUT2D eigenvalue weighted by Gasteiger charge is 2.28. The lowest BCUT2D eigenvalue weighted by Gasteiger charge is -2.21. The fourth-order valence-corrected chi connectivity index (χ4v) is 3.27. The van der Waals surface area contributed by atoms with Gasteiger partial charge in [-0.25, -0.2) is 0 Å². The summed E-state index contributed by atoms with van der Waals surface area (Å²) in [5, 5.41) is 2.31. The third kappa shape index (κ3) is 28.6. The van der Waals surface area contributed by atoms with Crippen molar-refractivity contribution in [2.75, 3.05) is 28.3 Å². The van der Waals surface area contributed by atoms with Crippen LogP contribution in [0.15, 0.2) is 0 Å². The van der Waals surface area contributed by atoms with Crippen LogP contribution in [-0.2, 0) is 19.1 Å². The zero-order valence-corrected chi connectivity index (χ0v) is 24.7. The second-order valence-corrected chi connectivity index (χ2v) is 10.1. The lowest BCUT2D eigenvalue weighted by atomic mass is 9.87. The fraction of sp³-hybridized carbons (Fsp3) is 0.913. The summed E-state index contributed by atoms with van der Waals surface area (Å²) >= 11 is 9.11. The van der Waals surface area contributed by atoms with E-state index in [9.17, 15) is 9.59 Å². The predicted octanol–water partition coefficient (Wildman–Crippen LogP) is 8.36. The van der Waals surface area contributed by atoms with E-state index in [0.29, 0.717) is 13.2 Å². The minimum Gasteiger partial charge on any atom is -0.466 e. The van der Waals surface area contributed by atoms with Gasteiger partial charge in [-0.2, -0.15) is 0 Å². The number of hydrogen-bond acceptors (Lipinski definition) is 4. The molecule has 0 bridgehead atoms. The van der Waals surface area contributed by atoms with Crippen LogP contribution in [0, 0.1) is 11.3 Å². The van der Waals surface area contributed by atoms with Gasteiger partial charge in [0.1, 0.15) is 0 Å². The zero-order valence-electron chi connectivity index (χ0n) is 19.3. The molecule has 184 valence electrons. The van der Waals surface area contributed by atoms with Crippen molar-refractivity contribution in [1.29, 1.82) is 0 Å². The standard InChI is InChI=1S/C11H21IO2.C6H12O2.C5H10Br2.CH4/c1-4-14-10(13)11(2,3)8-6-5-7-9-12;1-4-8-6(7)5(2)3;6-4-2-1-3-5-7;/h4-9H2,1-3H3;5H,4H2,1-3H3;1-5H2;1H4. The second kappa shape index (κ2) is 27.7. The molecule has 0 rings (SSSR count). The van der Waals surface area contributed by atoms with Gasteiger partial charge in [-0.15, -0.1) is 0 Å². The van der Waals surface area contributed by atoms with E-state index in [0.717, 1.165) is 23.5 Å². The van der Waals surface area contributed by atoms with Gasteiger partial charge in [0, 0.05) is 10.7 Å². The molecule has 0 atom stereocenters. The SMILES string of the molecule is BrCCCCCBr.C.CCOC(=O)C(C)(C)CCCCCI.CCOC(=O)C(C)C. The highest BCUT2D eigenvalue weighted by Crippen LogP contribution is 2.25. The minimum atomic E-state index is -0.304. The molecule has 7 heteroatoms. The first-order valence-corrected chi connectivity index (χ1v) is 14.4. The molecule has 0 aromatic heterocycles. The van der Waals surface area contributed by atoms with Crippen molar-refractivity contribution in [3.05, 3.63) is 0 Å². The summed E-state index contributed by atoms with van der Waals surface area (Å²) in [5.41, 5.74) is -0.304. The van der Waals surface area contributed by atoms with E-state index in [1.165, 1.54) is 36.5 Å². The van der Waals surface area contributed by atoms with E-state index < -0.39 is 0 Å². The first-order valence-electron chi connectivity index (χ1n) is 10.7. The molecule has 0 heterocycles. The Morgan fingerprint density at radius 2 is 1.33 bits per heavy atom. The molecule has 0 aliphatic carbocycles. The van der Waals surface area contributed by atoms with Crippen molar-refractivity contribution in [3.63, 3.8) is 0 Å². The van der Waals surface area contributed by atoms with Crippen LogP contribution in [0.4, 0.5) is 0 Å². The third-order valence-electron chi connectivity index (χ3n) is 3.79. The van der Waals surface area contributed by atoms with Crippen LogP contribution >= 0.6 is 54.5 Å². The number of unbranched alkanes of at least 4 members (excludes halogenated alkanes) is 4. The number of hydrogen-bond donors (Lipinski definition) is 0. The van der Waals surface area contributed by atoms with E-state index in [-0.39, 0.29) is 30.7 Å². The average Bonchev–Trinajstić information content (AvgIpc) is 2.67. The molecular weight excluding hydrogens is 627 g/mol. The van der Waals surface area contributed by atoms with Crippen LogP contribution in [0.5, 0.6) is 0 Å². The van der Waals surface area contributed by atoms with Crippen molar-refractivity contribution >= 4 is 66.4 Å². The lowest BCUT2D eigenvalue weighted by molar-refractivity contribution is -0.153. The lowest BCUT2D eigenvalue weighted by Crippen LogP contribution is -2.26. The number of alkyl halides is 3. The van der Waals surface area contributed by atoms with Crippen molar-refractivity contribution < 1.29 is 19.1 Å². The summed E-state index contributed by atoms with van der Waals surface area (Å²) in [4.78, 5) is 22.0. The molecule has 30 heavy (non-hydrogen) atoms. The molecule has 0 saturated carbocycles. The van der Waals surface area contributed by atoms with Gasteiger partial charge in [0.25, 0.3) is 0 Å². The van der Waals surface area contributed by atoms with Gasteiger partial charge < -0.3 is 9.47 Å². The van der Waals surface area contributed by atoms with Gasteiger partial charge in [-0.3, -0.25) is 9.59 Å². The number of carbonyl (C=O) groups excluding carboxylic acids is 2. The first-order chi connectivity index (χ1) is 13.6. The molecule has 0 aromatic rings. The fourth-order valence-electron chi connectivity index (χ4n) is 1.94. The maximum atomic E-state index is 11.5. The average molecular weight is 674 g/mol. The molecule has 0 saturated heterocycles. The molecule has 0 radical (unpaired) electrons. The topological polar surface area (TPSA) is 52.6 Å². The molecule has 4 nitrogen and oxygen atoms in total. The Hall–Kier alpha value is 0.630. The van der Waals surface area contributed by atoms with Crippen LogP contribution in [0.1, 0.15) is 93.9 Å². The summed E-state index contributed by atoms with van der Waals surface area (Å²) < 4.78 is 10.9. The van der Waals surface area contributed by atoms with Gasteiger partial charge in [-0.05, 0) is 57.8 Å². The van der Waals surface area contributed by atoms with Crippen LogP contribution < -0.4 is 0 Å². The maximum Gasteiger partial charge on any atom is 0.311 e. The van der Waals surface area contributed by atoms with Crippen LogP contribution in [0.25, 0.3) is 0 Å². The summed E-state index contributed by atoms with van der Waals surface area (Å²) in [6, 6.07) is 0. The van der Waals surface area contributed by atoms with Crippen molar-refractivity contribution in [2.24, 2.45) is 11.3 Å². The molecule has 0 N–H and O–H groups in total. The number of halogens is 3. The van der Waals surface area contributed by atoms with Gasteiger partial charge in [0.15, 0.2) is 0 Å². The van der Waals surface area contributed by atoms with E-state index in [2.05, 4.69) is 59.2 Å². The maximum absolute atomic E-state index is 11.5. The van der Waals surface area contributed by atoms with Crippen molar-refractivity contribution in [1.82, 2.24) is 0 Å². The Bertz CT molecular complexity index is 374. The van der Waals surface area contributed by atoms with E-state index >= 15 is 0 Å². The highest BCUT2D eigenvalue weighted by atomic mass is 127. The normalized spacial score (nSPS) is 10.1. The number of ether oxygens (including phenoxy) is 2. The second-order valence-electron chi connectivity index (χ2n) is 7.45. The Labute approximate surface area is 217 Å². The number of carbonyl (C=O) groups is 2. The Balaban J connectivity index is -0.000000181. The van der Waals surface area contributed by atoms with Gasteiger partial charge in [-0.1, -0.05) is 95.0 Å². The van der Waals surface area contributed by atoms with Crippen LogP contribution in [-0.4, -0.2) is 40.2 Å². The van der Waals surface area contributed by atoms with Crippen LogP contribution in [0.3, 0.4) is 0 Å². The number of esters is 2. The molecule has 0 spiro atoms. The Morgan fingerprint density at radius 1 is 0.867 bits per heavy atom. The highest BCUT2D eigenvalue weighted by molar-refractivity contribution is 14.1. The summed E-state index contributed by atoms with van der Waals surface area (Å²) in [7, 11) is 0. The molecule has 0 aromatic carbocycles. The van der Waals surface area contributed by atoms with Gasteiger partial charge >= 0.3 is 11.9 Å². The third-order valence-corrected chi connectivity index (χ3v) is 5.67. The molecule has 0 fully saturated rings. The molecule has 0 aliphatic rings. The summed E-state index contributed by atoms with van der Waals surface area (Å²) in [6.45, 7) is 12.2. The molecular formula is C23H47Br2IO4. The Kier molecular flexibility index (Phi) is 35.0. The summed E-state index contributed by atoms with van der Waals surface area (Å²) in [6.07, 6.45) is 8.48. The van der Waals surface area contributed by atoms with Crippen molar-refractivity contribution in [2.45, 2.75) is 93.9 Å². The molecule has 0 unspecified atom stereocenters. The quantitative estimate of drug-likeness (QED) is 0.0854. The monoisotopic (exact) mass is 672 g/mol. The predicted molar refractivity (Wildman–Crippen MR) is 147 cm³/mol. The smallest absolute Gasteiger partial charge is 0.311 e. The molecule has 0 amide bonds. The zero-order chi connectivity index (χ0) is 23.1. The minimum absolute atomic E-state index is 0. The largest absolute Gasteiger partial charge is 0.466 e. The number of rotatable bonds is 13. The van der Waals surface area contributed by atoms with E-state index in [4.69, 9.17) is 4.74 Å².